The van der Waals surface area contributed by atoms with Crippen LogP contribution in [0.2, 0.25) is 0 Å². The van der Waals surface area contributed by atoms with Crippen molar-refractivity contribution < 1.29 is 36.4 Å². The number of rotatable bonds is 0. The normalized spacial score (nSPS) is 0. The monoisotopic (exact) mass is 209 g/mol. The third kappa shape index (κ3) is 20.9. The summed E-state index contributed by atoms with van der Waals surface area (Å²) >= 11 is 0. The number of hydrogen-bond acceptors (Lipinski definition) is 0. The van der Waals surface area contributed by atoms with Crippen LogP contribution in [0.15, 0.2) is 0 Å². The molecule has 0 heterocycles. The molecule has 0 unspecified atom stereocenters. The van der Waals surface area contributed by atoms with E-state index in [4.69, 9.17) is 0 Å². The summed E-state index contributed by atoms with van der Waals surface area (Å²) < 4.78 is 0. The average Bonchev–Trinajstić information content (AvgIpc) is 0. The van der Waals surface area contributed by atoms with Gasteiger partial charge in [0.1, 0.15) is 0 Å². The molecule has 0 aromatic heterocycles. The smallest absolute Gasteiger partial charge is 1.00 e. The average molecular weight is 211 g/mol. The van der Waals surface area contributed by atoms with Gasteiger partial charge in [0.05, 0.1) is 0 Å². The van der Waals surface area contributed by atoms with Crippen LogP contribution in [0, 0.1) is 0 Å². The molecule has 5 heavy (non-hydrogen) atoms. The fourth-order valence-corrected chi connectivity index (χ4v) is 0. The predicted molar refractivity (Wildman–Crippen MR) is 29.3 cm³/mol. The molecule has 0 aliphatic carbocycles. The van der Waals surface area contributed by atoms with Gasteiger partial charge in [0.15, 0.2) is 17.4 Å². The summed E-state index contributed by atoms with van der Waals surface area (Å²) in [5, 5.41) is 0. The fraction of sp³-hybridized carbons (Fsp3) is 0. The van der Waals surface area contributed by atoms with E-state index in [1.165, 1.54) is 0 Å². The van der Waals surface area contributed by atoms with Crippen LogP contribution >= 0.6 is 0 Å². The quantitative estimate of drug-likeness (QED) is 0.379. The van der Waals surface area contributed by atoms with E-state index in [0.29, 0.717) is 0 Å². The van der Waals surface area contributed by atoms with Crippen LogP contribution in [-0.2, 0) is 33.6 Å². The first-order chi connectivity index (χ1) is 0. The largest absolute Gasteiger partial charge is 2.00 e. The first kappa shape index (κ1) is 50.2. The Labute approximate surface area is 86.9 Å². The van der Waals surface area contributed by atoms with E-state index in [0.717, 1.165) is 0 Å². The molecule has 5 heteroatoms. The second-order valence-corrected chi connectivity index (χ2v) is 0. The van der Waals surface area contributed by atoms with Crippen molar-refractivity contribution in [3.63, 3.8) is 0 Å². The van der Waals surface area contributed by atoms with Crippen molar-refractivity contribution in [2.24, 2.45) is 0 Å². The molecule has 0 bridgehead atoms. The van der Waals surface area contributed by atoms with Gasteiger partial charge in [0.2, 0.25) is 0 Å². The Kier molecular flexibility index (Phi) is 313. The molecule has 0 fully saturated rings. The van der Waals surface area contributed by atoms with Crippen molar-refractivity contribution in [2.45, 2.75) is 0 Å². The van der Waals surface area contributed by atoms with E-state index in [-0.39, 0.29) is 87.8 Å². The maximum absolute atomic E-state index is 0. The third-order valence-corrected chi connectivity index (χ3v) is 0. The van der Waals surface area contributed by atoms with Crippen LogP contribution in [0.1, 0.15) is 2.85 Å². The van der Waals surface area contributed by atoms with Gasteiger partial charge in [-0.3, -0.25) is 0 Å². The van der Waals surface area contributed by atoms with Crippen molar-refractivity contribution in [3.05, 3.63) is 0 Å². The van der Waals surface area contributed by atoms with Gasteiger partial charge >= 0.3 is 23.1 Å². The molecular weight excluding hydrogens is 202 g/mol. The molecule has 0 spiro atoms. The minimum atomic E-state index is 0. The molecule has 39 valence electrons. The van der Waals surface area contributed by atoms with Crippen LogP contribution in [0.25, 0.3) is 0 Å². The van der Waals surface area contributed by atoms with Gasteiger partial charge in [-0.1, -0.05) is 0 Å². The van der Waals surface area contributed by atoms with Gasteiger partial charge in [-0.2, -0.15) is 0 Å². The maximum atomic E-state index is 0. The van der Waals surface area contributed by atoms with Crippen molar-refractivity contribution >= 4 is 51.4 Å². The summed E-state index contributed by atoms with van der Waals surface area (Å²) in [5.41, 5.74) is 0. The van der Waals surface area contributed by atoms with Crippen LogP contribution < -0.4 is 0 Å². The Morgan fingerprint density at radius 3 is 1.20 bits per heavy atom. The second kappa shape index (κ2) is 31.2. The van der Waals surface area contributed by atoms with Gasteiger partial charge < -0.3 is 2.85 Å². The first-order valence-electron chi connectivity index (χ1n) is 0. The molecule has 0 amide bonds. The minimum absolute atomic E-state index is 0. The standard InChI is InChI=1S/Al.Cu.Mg.Ni.H4Si.5H/h;;;;1H4;;;;;/q;;+2;;;;;;2*-1. The molecule has 0 N–H and O–H groups in total. The van der Waals surface area contributed by atoms with Gasteiger partial charge in [0, 0.05) is 33.6 Å². The van der Waals surface area contributed by atoms with Crippen molar-refractivity contribution in [1.29, 1.82) is 0 Å². The number of hydrogen-bond donors (Lipinski definition) is 0. The van der Waals surface area contributed by atoms with Crippen LogP contribution in [0.4, 0.5) is 0 Å². The van der Waals surface area contributed by atoms with Crippen molar-refractivity contribution in [2.75, 3.05) is 0 Å². The zero-order chi connectivity index (χ0) is 0. The third-order valence-electron chi connectivity index (χ3n) is 0. The van der Waals surface area contributed by atoms with Crippen molar-refractivity contribution in [3.8, 4) is 0 Å². The van der Waals surface area contributed by atoms with E-state index in [1.807, 2.05) is 0 Å². The van der Waals surface area contributed by atoms with E-state index in [1.54, 1.807) is 0 Å². The molecule has 0 atom stereocenters. The van der Waals surface area contributed by atoms with E-state index < -0.39 is 0 Å². The Bertz CT molecular complexity index is 17.7. The molecule has 0 saturated carbocycles. The zero-order valence-electron chi connectivity index (χ0n) is 3.32. The fourth-order valence-electron chi connectivity index (χ4n) is 0. The Morgan fingerprint density at radius 2 is 1.20 bits per heavy atom. The topological polar surface area (TPSA) is 0 Å². The summed E-state index contributed by atoms with van der Waals surface area (Å²) in [6, 6.07) is 0. The van der Waals surface area contributed by atoms with Gasteiger partial charge in [-0.15, -0.1) is 0 Å². The molecule has 1 radical (unpaired) electrons. The van der Waals surface area contributed by atoms with Crippen LogP contribution in [-0.4, -0.2) is 51.4 Å². The Balaban J connectivity index is 0. The molecule has 0 aliphatic heterocycles. The van der Waals surface area contributed by atoms with Gasteiger partial charge in [-0.25, -0.2) is 0 Å². The molecular formula is H9AlCuMgNiSi. The molecule has 0 saturated heterocycles. The molecule has 0 rings (SSSR count). The second-order valence-electron chi connectivity index (χ2n) is 0. The zero-order valence-corrected chi connectivity index (χ0v) is 4.67. The van der Waals surface area contributed by atoms with Gasteiger partial charge in [-0.05, 0) is 11.0 Å². The predicted octanol–water partition coefficient (Wildman–Crippen LogP) is -2.80. The minimum Gasteiger partial charge on any atom is -1.00 e. The SMILES string of the molecule is [AlH3].[Cu].[H-].[H-].[Mg+2].[Ni].[SiH4]. The Hall–Kier alpha value is 2.53. The van der Waals surface area contributed by atoms with Crippen LogP contribution in [0.5, 0.6) is 0 Å². The maximum Gasteiger partial charge on any atom is 2.00 e. The van der Waals surface area contributed by atoms with E-state index in [9.17, 15) is 0 Å². The van der Waals surface area contributed by atoms with E-state index in [2.05, 4.69) is 0 Å². The molecule has 0 aromatic carbocycles. The molecule has 0 aliphatic rings. The van der Waals surface area contributed by atoms with Crippen LogP contribution in [0.3, 0.4) is 0 Å². The summed E-state index contributed by atoms with van der Waals surface area (Å²) in [7, 11) is 0. The molecule has 0 aromatic rings. The van der Waals surface area contributed by atoms with Gasteiger partial charge in [0.25, 0.3) is 0 Å². The Morgan fingerprint density at radius 1 is 1.20 bits per heavy atom. The summed E-state index contributed by atoms with van der Waals surface area (Å²) in [4.78, 5) is 0. The summed E-state index contributed by atoms with van der Waals surface area (Å²) in [6.07, 6.45) is 0. The first-order valence-corrected chi connectivity index (χ1v) is 0. The van der Waals surface area contributed by atoms with Crippen molar-refractivity contribution in [1.82, 2.24) is 0 Å². The molecule has 0 nitrogen and oxygen atoms in total. The van der Waals surface area contributed by atoms with E-state index >= 15 is 0 Å². The summed E-state index contributed by atoms with van der Waals surface area (Å²) in [6.45, 7) is 0. The summed E-state index contributed by atoms with van der Waals surface area (Å²) in [5.74, 6) is 0.